The lowest BCUT2D eigenvalue weighted by atomic mass is 9.91. The van der Waals surface area contributed by atoms with Crippen LogP contribution in [0.15, 0.2) is 24.3 Å². The fourth-order valence-corrected chi connectivity index (χ4v) is 9.77. The van der Waals surface area contributed by atoms with Crippen LogP contribution < -0.4 is 32.3 Å². The first kappa shape index (κ1) is 62.0. The van der Waals surface area contributed by atoms with Crippen LogP contribution in [0.1, 0.15) is 129 Å². The predicted molar refractivity (Wildman–Crippen MR) is 265 cm³/mol. The van der Waals surface area contributed by atoms with E-state index in [0.717, 1.165) is 74.6 Å². The largest absolute Gasteiger partial charge is 0.508 e. The molecule has 25 nitrogen and oxygen atoms in total. The van der Waals surface area contributed by atoms with Gasteiger partial charge in [-0.05, 0) is 49.3 Å². The van der Waals surface area contributed by atoms with Crippen LogP contribution in [0.2, 0.25) is 0 Å². The van der Waals surface area contributed by atoms with E-state index < -0.39 is 171 Å². The van der Waals surface area contributed by atoms with Crippen molar-refractivity contribution in [2.75, 3.05) is 13.1 Å². The normalized spacial score (nSPS) is 29.0. The van der Waals surface area contributed by atoms with Crippen molar-refractivity contribution in [1.29, 1.82) is 0 Å². The molecule has 422 valence electrons. The number of rotatable bonds is 20. The molecule has 3 saturated heterocycles. The summed E-state index contributed by atoms with van der Waals surface area (Å²) < 4.78 is 0. The second-order valence-corrected chi connectivity index (χ2v) is 20.6. The minimum atomic E-state index is -2.36. The second kappa shape index (κ2) is 29.1. The molecule has 0 saturated carbocycles. The monoisotopic (exact) mass is 1060 g/mol. The lowest BCUT2D eigenvalue weighted by Crippen LogP contribution is -2.64. The molecule has 3 heterocycles. The van der Waals surface area contributed by atoms with Crippen molar-refractivity contribution in [3.8, 4) is 5.75 Å². The van der Waals surface area contributed by atoms with Crippen molar-refractivity contribution >= 4 is 47.3 Å². The summed E-state index contributed by atoms with van der Waals surface area (Å²) in [6.45, 7) is 6.57. The number of aliphatic hydroxyl groups is 8. The van der Waals surface area contributed by atoms with E-state index in [1.807, 2.05) is 0 Å². The molecule has 25 heteroatoms. The first-order valence-electron chi connectivity index (χ1n) is 26.0. The van der Waals surface area contributed by atoms with Crippen molar-refractivity contribution in [3.63, 3.8) is 0 Å². The molecular weight excluding hydrogens is 985 g/mol. The number of primary amides is 1. The molecule has 16 atom stereocenters. The number of unbranched alkanes of at least 4 members (excludes halogenated alkanes) is 5. The van der Waals surface area contributed by atoms with Gasteiger partial charge >= 0.3 is 0 Å². The topological polar surface area (TPSA) is 411 Å². The Bertz CT molecular complexity index is 2100. The molecule has 0 aromatic heterocycles. The molecule has 2 unspecified atom stereocenters. The lowest BCUT2D eigenvalue weighted by Gasteiger charge is -2.34. The predicted octanol–water partition coefficient (Wildman–Crippen LogP) is -3.34. The standard InChI is InChI=1S/C50H80N8O17/c1-5-25(2)18-26(3)12-10-8-6-7-9-11-13-38(66)52-32-21-36(64)47(72)56-46(71)34-20-31(62)24-58(34)50(75)40(35(63)22-37(51)65)54-48(73)41(43(68)42(67)28-14-16-29(60)17-15-28)55-45(70)33-19-30(61)23-57(33)49(74)39(27(4)59)53-44(32)69/h14-17,25-27,30-36,39-43,47,59-64,67-68,72H,5-13,18-24H2,1-4H3,(H2,51,65)(H,52,66)(H,53,69)(H,54,73)(H,55,70)(H,56,71)/t25?,26?,27-,30-,31-,32+,33+,34+,35-,36-,39+,40+,41+,42+,43+,47-/m1/s1. The summed E-state index contributed by atoms with van der Waals surface area (Å²) >= 11 is 0. The van der Waals surface area contributed by atoms with Crippen LogP contribution in [0.25, 0.3) is 0 Å². The number of nitrogens with two attached hydrogens (primary N) is 1. The molecule has 0 spiro atoms. The number of phenols is 1. The zero-order valence-electron chi connectivity index (χ0n) is 43.1. The third kappa shape index (κ3) is 18.0. The third-order valence-corrected chi connectivity index (χ3v) is 14.3. The number of nitrogens with zero attached hydrogens (tertiary/aromatic N) is 2. The fourth-order valence-electron chi connectivity index (χ4n) is 9.77. The van der Waals surface area contributed by atoms with E-state index in [-0.39, 0.29) is 17.7 Å². The van der Waals surface area contributed by atoms with Crippen molar-refractivity contribution < 1.29 is 84.3 Å². The highest BCUT2D eigenvalue weighted by atomic mass is 16.3. The van der Waals surface area contributed by atoms with E-state index in [1.54, 1.807) is 0 Å². The SMILES string of the molecule is CCC(C)CC(C)CCCCCCCCC(=O)N[C@H]1C[C@@H](O)[C@@H](O)NC(=O)[C@@H]2C[C@@H](O)CN2C(=O)[C@H]([C@H](O)CC(N)=O)NC(=O)[C@H]([C@H](O)[C@@H](O)c2ccc(O)cc2)NC(=O)[C@@H]2C[C@@H](O)CN2C(=O)[C@H]([C@@H](C)O)NC1=O. The Balaban J connectivity index is 1.69. The summed E-state index contributed by atoms with van der Waals surface area (Å²) in [5.74, 6) is -8.48. The number of aliphatic hydroxyl groups excluding tert-OH is 8. The van der Waals surface area contributed by atoms with E-state index in [9.17, 15) is 84.3 Å². The van der Waals surface area contributed by atoms with E-state index in [0.29, 0.717) is 29.6 Å². The van der Waals surface area contributed by atoms with Gasteiger partial charge in [0.15, 0.2) is 6.23 Å². The highest BCUT2D eigenvalue weighted by Crippen LogP contribution is 2.27. The maximum absolute atomic E-state index is 14.4. The highest BCUT2D eigenvalue weighted by molar-refractivity contribution is 5.98. The summed E-state index contributed by atoms with van der Waals surface area (Å²) in [7, 11) is 0. The van der Waals surface area contributed by atoms with Crippen LogP contribution in [0.3, 0.4) is 0 Å². The van der Waals surface area contributed by atoms with Crippen molar-refractivity contribution in [3.05, 3.63) is 29.8 Å². The quantitative estimate of drug-likeness (QED) is 0.0568. The molecule has 3 aliphatic heterocycles. The Morgan fingerprint density at radius 1 is 0.680 bits per heavy atom. The van der Waals surface area contributed by atoms with Crippen molar-refractivity contribution in [2.45, 2.75) is 203 Å². The van der Waals surface area contributed by atoms with E-state index >= 15 is 0 Å². The Kier molecular flexibility index (Phi) is 24.1. The van der Waals surface area contributed by atoms with Crippen LogP contribution in [0.4, 0.5) is 0 Å². The molecule has 0 radical (unpaired) electrons. The average molecular weight is 1070 g/mol. The van der Waals surface area contributed by atoms with Crippen molar-refractivity contribution in [2.24, 2.45) is 17.6 Å². The number of benzene rings is 1. The van der Waals surface area contributed by atoms with E-state index in [1.165, 1.54) is 6.42 Å². The van der Waals surface area contributed by atoms with Gasteiger partial charge in [0.05, 0.1) is 30.8 Å². The van der Waals surface area contributed by atoms with Gasteiger partial charge in [-0.3, -0.25) is 38.4 Å². The van der Waals surface area contributed by atoms with Crippen LogP contribution in [-0.4, -0.2) is 195 Å². The van der Waals surface area contributed by atoms with Crippen LogP contribution in [0.5, 0.6) is 5.75 Å². The molecule has 8 amide bonds. The fraction of sp³-hybridized carbons (Fsp3) is 0.720. The maximum Gasteiger partial charge on any atom is 0.248 e. The molecule has 1 aromatic carbocycles. The summed E-state index contributed by atoms with van der Waals surface area (Å²) in [5.41, 5.74) is 5.21. The summed E-state index contributed by atoms with van der Waals surface area (Å²) in [6.07, 6.45) is -10.0. The molecule has 3 aliphatic rings. The molecule has 75 heavy (non-hydrogen) atoms. The van der Waals surface area contributed by atoms with Gasteiger partial charge in [-0.15, -0.1) is 0 Å². The van der Waals surface area contributed by atoms with Gasteiger partial charge in [-0.2, -0.15) is 0 Å². The number of hydrogen-bond acceptors (Lipinski definition) is 17. The number of fused-ring (bicyclic) bond motifs is 2. The van der Waals surface area contributed by atoms with E-state index in [2.05, 4.69) is 47.4 Å². The first-order chi connectivity index (χ1) is 35.3. The Morgan fingerprint density at radius 2 is 1.20 bits per heavy atom. The number of phenolic OH excluding ortho intramolecular Hbond substituents is 1. The van der Waals surface area contributed by atoms with Gasteiger partial charge in [0, 0.05) is 38.8 Å². The minimum absolute atomic E-state index is 0.0751. The Hall–Kier alpha value is -5.54. The van der Waals surface area contributed by atoms with Crippen molar-refractivity contribution in [1.82, 2.24) is 36.4 Å². The van der Waals surface area contributed by atoms with Gasteiger partial charge in [-0.1, -0.05) is 77.8 Å². The Morgan fingerprint density at radius 3 is 1.76 bits per heavy atom. The summed E-state index contributed by atoms with van der Waals surface area (Å²) in [4.78, 5) is 112. The van der Waals surface area contributed by atoms with Gasteiger partial charge in [0.25, 0.3) is 0 Å². The van der Waals surface area contributed by atoms with E-state index in [4.69, 9.17) is 5.73 Å². The third-order valence-electron chi connectivity index (χ3n) is 14.3. The molecule has 0 aliphatic carbocycles. The Labute approximate surface area is 436 Å². The number of amides is 8. The number of carbonyl (C=O) groups excluding carboxylic acids is 8. The smallest absolute Gasteiger partial charge is 0.248 e. The maximum atomic E-state index is 14.4. The number of hydrogen-bond donors (Lipinski definition) is 15. The summed E-state index contributed by atoms with van der Waals surface area (Å²) in [6, 6.07) is -7.16. The lowest BCUT2D eigenvalue weighted by molar-refractivity contribution is -0.148. The highest BCUT2D eigenvalue weighted by Gasteiger charge is 2.48. The first-order valence-corrected chi connectivity index (χ1v) is 26.0. The molecule has 1 aromatic rings. The van der Waals surface area contributed by atoms with Gasteiger partial charge in [0.1, 0.15) is 60.3 Å². The van der Waals surface area contributed by atoms with Crippen LogP contribution in [-0.2, 0) is 38.4 Å². The second-order valence-electron chi connectivity index (χ2n) is 20.6. The van der Waals surface area contributed by atoms with Gasteiger partial charge in [-0.25, -0.2) is 0 Å². The molecule has 3 fully saturated rings. The van der Waals surface area contributed by atoms with Crippen LogP contribution in [0, 0.1) is 11.8 Å². The number of nitrogens with one attached hydrogen (secondary N) is 5. The molecular formula is C50H80N8O17. The molecule has 0 bridgehead atoms. The number of carbonyl (C=O) groups is 8. The zero-order valence-corrected chi connectivity index (χ0v) is 43.1. The van der Waals surface area contributed by atoms with Gasteiger partial charge in [0.2, 0.25) is 47.3 Å². The zero-order chi connectivity index (χ0) is 55.8. The van der Waals surface area contributed by atoms with Crippen LogP contribution >= 0.6 is 0 Å². The number of aromatic hydroxyl groups is 1. The summed E-state index contributed by atoms with van der Waals surface area (Å²) in [5, 5.41) is 110. The molecule has 16 N–H and O–H groups in total. The average Bonchev–Trinajstić information content (AvgIpc) is 3.95. The van der Waals surface area contributed by atoms with Gasteiger partial charge < -0.3 is 88.1 Å². The molecule has 4 rings (SSSR count). The minimum Gasteiger partial charge on any atom is -0.508 e.